The van der Waals surface area contributed by atoms with Crippen molar-refractivity contribution in [3.63, 3.8) is 0 Å². The Bertz CT molecular complexity index is 1110. The maximum atomic E-state index is 12.7. The summed E-state index contributed by atoms with van der Waals surface area (Å²) in [7, 11) is 0. The summed E-state index contributed by atoms with van der Waals surface area (Å²) in [5, 5.41) is 0. The molecule has 0 heterocycles. The van der Waals surface area contributed by atoms with Crippen LogP contribution in [0.3, 0.4) is 0 Å². The number of hydrogen-bond acceptors (Lipinski definition) is 6. The fraction of sp³-hybridized carbons (Fsp3) is 0.712. The molecule has 0 spiro atoms. The highest BCUT2D eigenvalue weighted by Crippen LogP contribution is 2.14. The van der Waals surface area contributed by atoms with Crippen molar-refractivity contribution >= 4 is 17.9 Å². The number of rotatable bonds is 42. The van der Waals surface area contributed by atoms with Crippen LogP contribution < -0.4 is 0 Å². The SMILES string of the molecule is CC\C=C/C=C\C=C/C=C\CCCCCC(=O)OC(COC(=O)CC/C=C\C/C=C\CCCCCCCC)COC(=O)CCCCCCCCCCCCCCCC. The van der Waals surface area contributed by atoms with E-state index in [9.17, 15) is 14.4 Å². The average molecular weight is 809 g/mol. The van der Waals surface area contributed by atoms with Gasteiger partial charge in [-0.3, -0.25) is 14.4 Å². The molecular weight excluding hydrogens is 721 g/mol. The number of allylic oxidation sites excluding steroid dienone is 12. The second-order valence-corrected chi connectivity index (χ2v) is 15.7. The van der Waals surface area contributed by atoms with Crippen molar-refractivity contribution < 1.29 is 28.6 Å². The molecule has 1 atom stereocenters. The summed E-state index contributed by atoms with van der Waals surface area (Å²) in [6.07, 6.45) is 57.5. The maximum absolute atomic E-state index is 12.7. The number of esters is 3. The molecule has 0 aliphatic heterocycles. The van der Waals surface area contributed by atoms with Crippen LogP contribution in [-0.4, -0.2) is 37.2 Å². The molecular formula is C52H88O6. The Hall–Kier alpha value is -3.15. The van der Waals surface area contributed by atoms with E-state index in [-0.39, 0.29) is 44.0 Å². The van der Waals surface area contributed by atoms with Crippen LogP contribution in [0.15, 0.2) is 72.9 Å². The molecule has 0 aliphatic carbocycles. The van der Waals surface area contributed by atoms with Gasteiger partial charge in [-0.2, -0.15) is 0 Å². The van der Waals surface area contributed by atoms with Crippen LogP contribution in [0.1, 0.15) is 220 Å². The summed E-state index contributed by atoms with van der Waals surface area (Å²) < 4.78 is 16.6. The summed E-state index contributed by atoms with van der Waals surface area (Å²) in [6, 6.07) is 0. The first-order chi connectivity index (χ1) is 28.5. The van der Waals surface area contributed by atoms with Gasteiger partial charge in [-0.1, -0.05) is 216 Å². The predicted molar refractivity (Wildman–Crippen MR) is 247 cm³/mol. The Kier molecular flexibility index (Phi) is 44.0. The van der Waals surface area contributed by atoms with E-state index in [1.165, 1.54) is 109 Å². The molecule has 0 N–H and O–H groups in total. The van der Waals surface area contributed by atoms with Gasteiger partial charge in [0.1, 0.15) is 13.2 Å². The van der Waals surface area contributed by atoms with E-state index in [2.05, 4.69) is 51.2 Å². The monoisotopic (exact) mass is 809 g/mol. The smallest absolute Gasteiger partial charge is 0.306 e. The zero-order chi connectivity index (χ0) is 42.3. The number of hydrogen-bond donors (Lipinski definition) is 0. The van der Waals surface area contributed by atoms with Gasteiger partial charge in [0.15, 0.2) is 6.10 Å². The minimum absolute atomic E-state index is 0.107. The van der Waals surface area contributed by atoms with Gasteiger partial charge in [0.2, 0.25) is 0 Å². The Morgan fingerprint density at radius 1 is 0.379 bits per heavy atom. The third-order valence-corrected chi connectivity index (χ3v) is 10.1. The molecule has 0 saturated heterocycles. The zero-order valence-electron chi connectivity index (χ0n) is 37.8. The van der Waals surface area contributed by atoms with Gasteiger partial charge in [0.25, 0.3) is 0 Å². The molecule has 0 amide bonds. The molecule has 0 aromatic rings. The fourth-order valence-corrected chi connectivity index (χ4v) is 6.45. The first kappa shape index (κ1) is 54.9. The van der Waals surface area contributed by atoms with Crippen LogP contribution in [0.25, 0.3) is 0 Å². The summed E-state index contributed by atoms with van der Waals surface area (Å²) in [4.78, 5) is 37.8. The van der Waals surface area contributed by atoms with E-state index in [0.29, 0.717) is 19.3 Å². The van der Waals surface area contributed by atoms with Crippen molar-refractivity contribution in [1.29, 1.82) is 0 Å². The molecule has 0 radical (unpaired) electrons. The molecule has 1 unspecified atom stereocenters. The second-order valence-electron chi connectivity index (χ2n) is 15.7. The number of ether oxygens (including phenoxy) is 3. The van der Waals surface area contributed by atoms with E-state index < -0.39 is 6.10 Å². The van der Waals surface area contributed by atoms with E-state index in [1.54, 1.807) is 0 Å². The molecule has 58 heavy (non-hydrogen) atoms. The van der Waals surface area contributed by atoms with Gasteiger partial charge in [-0.15, -0.1) is 0 Å². The van der Waals surface area contributed by atoms with Gasteiger partial charge >= 0.3 is 17.9 Å². The van der Waals surface area contributed by atoms with Crippen molar-refractivity contribution in [2.45, 2.75) is 226 Å². The highest BCUT2D eigenvalue weighted by atomic mass is 16.6. The first-order valence-corrected chi connectivity index (χ1v) is 24.0. The van der Waals surface area contributed by atoms with Crippen LogP contribution in [0.4, 0.5) is 0 Å². The van der Waals surface area contributed by atoms with Crippen LogP contribution in [0.2, 0.25) is 0 Å². The van der Waals surface area contributed by atoms with Gasteiger partial charge in [0, 0.05) is 19.3 Å². The Morgan fingerprint density at radius 3 is 1.31 bits per heavy atom. The molecule has 0 bridgehead atoms. The summed E-state index contributed by atoms with van der Waals surface area (Å²) in [5.41, 5.74) is 0. The Morgan fingerprint density at radius 2 is 0.776 bits per heavy atom. The molecule has 0 aromatic carbocycles. The lowest BCUT2D eigenvalue weighted by atomic mass is 10.0. The van der Waals surface area contributed by atoms with Gasteiger partial charge < -0.3 is 14.2 Å². The Balaban J connectivity index is 4.50. The van der Waals surface area contributed by atoms with Crippen LogP contribution >= 0.6 is 0 Å². The number of carbonyl (C=O) groups excluding carboxylic acids is 3. The lowest BCUT2D eigenvalue weighted by molar-refractivity contribution is -0.166. The molecule has 0 rings (SSSR count). The maximum Gasteiger partial charge on any atom is 0.306 e. The Labute approximate surface area is 357 Å². The summed E-state index contributed by atoms with van der Waals surface area (Å²) in [6.45, 7) is 6.39. The summed E-state index contributed by atoms with van der Waals surface area (Å²) in [5.74, 6) is -1.02. The molecule has 0 aromatic heterocycles. The lowest BCUT2D eigenvalue weighted by Crippen LogP contribution is -2.30. The molecule has 0 fully saturated rings. The van der Waals surface area contributed by atoms with Crippen molar-refractivity contribution in [3.05, 3.63) is 72.9 Å². The predicted octanol–water partition coefficient (Wildman–Crippen LogP) is 15.5. The quantitative estimate of drug-likeness (QED) is 0.0201. The largest absolute Gasteiger partial charge is 0.462 e. The van der Waals surface area contributed by atoms with Crippen molar-refractivity contribution in [1.82, 2.24) is 0 Å². The minimum Gasteiger partial charge on any atom is -0.462 e. The number of carbonyl (C=O) groups is 3. The third-order valence-electron chi connectivity index (χ3n) is 10.1. The zero-order valence-corrected chi connectivity index (χ0v) is 37.8. The molecule has 6 heteroatoms. The fourth-order valence-electron chi connectivity index (χ4n) is 6.45. The molecule has 0 aliphatic rings. The first-order valence-electron chi connectivity index (χ1n) is 24.0. The second kappa shape index (κ2) is 46.5. The standard InChI is InChI=1S/C52H88O6/c1-4-7-10-13-16-19-22-25-28-30-33-36-39-42-45-51(54)57-48-49(58-52(55)46-43-40-37-34-31-27-24-21-18-15-12-9-6-3)47-56-50(53)44-41-38-35-32-29-26-23-20-17-14-11-8-5-2/h9,12,15,18,21,24,26-27,29,31,35,38,49H,4-8,10-11,13-14,16-17,19-20,22-23,25,28,30,32-34,36-37,39-48H2,1-3H3/b12-9-,18-15-,24-21-,29-26-,31-27-,38-35-. The molecule has 6 nitrogen and oxygen atoms in total. The average Bonchev–Trinajstić information content (AvgIpc) is 3.22. The molecule has 332 valence electrons. The van der Waals surface area contributed by atoms with E-state index in [0.717, 1.165) is 57.8 Å². The van der Waals surface area contributed by atoms with Gasteiger partial charge in [-0.25, -0.2) is 0 Å². The number of unbranched alkanes of at least 4 members (excludes halogenated alkanes) is 22. The van der Waals surface area contributed by atoms with Crippen molar-refractivity contribution in [3.8, 4) is 0 Å². The van der Waals surface area contributed by atoms with Crippen LogP contribution in [-0.2, 0) is 28.6 Å². The van der Waals surface area contributed by atoms with Gasteiger partial charge in [0.05, 0.1) is 0 Å². The van der Waals surface area contributed by atoms with E-state index in [1.807, 2.05) is 42.5 Å². The minimum atomic E-state index is -0.815. The third kappa shape index (κ3) is 44.0. The van der Waals surface area contributed by atoms with Crippen LogP contribution in [0.5, 0.6) is 0 Å². The normalized spacial score (nSPS) is 12.7. The van der Waals surface area contributed by atoms with Crippen molar-refractivity contribution in [2.24, 2.45) is 0 Å². The van der Waals surface area contributed by atoms with E-state index >= 15 is 0 Å². The summed E-state index contributed by atoms with van der Waals surface area (Å²) >= 11 is 0. The molecule has 0 saturated carbocycles. The topological polar surface area (TPSA) is 78.9 Å². The highest BCUT2D eigenvalue weighted by Gasteiger charge is 2.19. The van der Waals surface area contributed by atoms with Crippen LogP contribution in [0, 0.1) is 0 Å². The van der Waals surface area contributed by atoms with E-state index in [4.69, 9.17) is 14.2 Å². The highest BCUT2D eigenvalue weighted by molar-refractivity contribution is 5.71. The van der Waals surface area contributed by atoms with Crippen molar-refractivity contribution in [2.75, 3.05) is 13.2 Å². The van der Waals surface area contributed by atoms with Gasteiger partial charge in [-0.05, 0) is 57.8 Å². The lowest BCUT2D eigenvalue weighted by Gasteiger charge is -2.18.